The number of halogens is 1. The van der Waals surface area contributed by atoms with Crippen LogP contribution in [0.15, 0.2) is 82.8 Å². The van der Waals surface area contributed by atoms with Crippen LogP contribution in [0.5, 0.6) is 0 Å². The molecule has 1 amide bonds. The molecule has 0 bridgehead atoms. The lowest BCUT2D eigenvalue weighted by Crippen LogP contribution is -2.40. The third-order valence-electron chi connectivity index (χ3n) is 4.55. The van der Waals surface area contributed by atoms with E-state index in [2.05, 4.69) is 10.5 Å². The molecule has 0 atom stereocenters. The van der Waals surface area contributed by atoms with Crippen molar-refractivity contribution in [1.82, 2.24) is 5.43 Å². The summed E-state index contributed by atoms with van der Waals surface area (Å²) >= 11 is 0. The van der Waals surface area contributed by atoms with Gasteiger partial charge in [0.2, 0.25) is 0 Å². The number of anilines is 1. The van der Waals surface area contributed by atoms with Gasteiger partial charge in [-0.2, -0.15) is 5.10 Å². The number of amides is 1. The first-order valence-corrected chi connectivity index (χ1v) is 10.9. The molecule has 0 spiro atoms. The third kappa shape index (κ3) is 5.35. The second-order valence-electron chi connectivity index (χ2n) is 6.93. The van der Waals surface area contributed by atoms with Crippen LogP contribution in [-0.2, 0) is 14.8 Å². The van der Waals surface area contributed by atoms with Gasteiger partial charge in [0.15, 0.2) is 0 Å². The fourth-order valence-corrected chi connectivity index (χ4v) is 4.43. The Bertz CT molecular complexity index is 1210. The Morgan fingerprint density at radius 1 is 1.03 bits per heavy atom. The molecule has 3 rings (SSSR count). The van der Waals surface area contributed by atoms with Crippen LogP contribution in [0.4, 0.5) is 10.1 Å². The van der Waals surface area contributed by atoms with Crippen molar-refractivity contribution >= 4 is 27.8 Å². The van der Waals surface area contributed by atoms with Gasteiger partial charge in [-0.25, -0.2) is 18.2 Å². The Morgan fingerprint density at radius 3 is 2.42 bits per heavy atom. The van der Waals surface area contributed by atoms with Crippen LogP contribution < -0.4 is 9.73 Å². The number of sulfonamides is 1. The van der Waals surface area contributed by atoms with Crippen molar-refractivity contribution in [1.29, 1.82) is 0 Å². The maximum Gasteiger partial charge on any atom is 0.264 e. The van der Waals surface area contributed by atoms with E-state index in [9.17, 15) is 17.6 Å². The molecule has 160 valence electrons. The van der Waals surface area contributed by atoms with E-state index in [1.807, 2.05) is 13.0 Å². The van der Waals surface area contributed by atoms with E-state index in [0.717, 1.165) is 9.87 Å². The topological polar surface area (TPSA) is 78.8 Å². The maximum atomic E-state index is 13.7. The quantitative estimate of drug-likeness (QED) is 0.449. The molecule has 0 unspecified atom stereocenters. The molecule has 0 aromatic heterocycles. The molecular weight excluding hydrogens is 417 g/mol. The van der Waals surface area contributed by atoms with Crippen LogP contribution in [-0.4, -0.2) is 27.1 Å². The van der Waals surface area contributed by atoms with Crippen LogP contribution in [0.3, 0.4) is 0 Å². The van der Waals surface area contributed by atoms with Gasteiger partial charge in [0.1, 0.15) is 12.4 Å². The minimum atomic E-state index is -4.01. The van der Waals surface area contributed by atoms with E-state index >= 15 is 0 Å². The molecule has 6 nitrogen and oxygen atoms in total. The van der Waals surface area contributed by atoms with Crippen LogP contribution in [0.2, 0.25) is 0 Å². The lowest BCUT2D eigenvalue weighted by molar-refractivity contribution is -0.119. The third-order valence-corrected chi connectivity index (χ3v) is 6.32. The highest BCUT2D eigenvalue weighted by atomic mass is 32.2. The Balaban J connectivity index is 1.89. The largest absolute Gasteiger partial charge is 0.271 e. The van der Waals surface area contributed by atoms with Gasteiger partial charge in [-0.05, 0) is 49.2 Å². The standard InChI is InChI=1S/C23H22FN3O3S/c1-17-12-13-18(2)22(14-17)27(31(29,30)20-9-4-3-5-10-20)16-23(28)26-25-15-19-8-6-7-11-21(19)24/h3-15H,16H2,1-2H3,(H,26,28)/b25-15-. The van der Waals surface area contributed by atoms with E-state index in [0.29, 0.717) is 11.3 Å². The molecule has 3 aromatic rings. The molecule has 0 heterocycles. The van der Waals surface area contributed by atoms with E-state index in [4.69, 9.17) is 0 Å². The van der Waals surface area contributed by atoms with Gasteiger partial charge in [-0.15, -0.1) is 0 Å². The van der Waals surface area contributed by atoms with Gasteiger partial charge in [0.25, 0.3) is 15.9 Å². The summed E-state index contributed by atoms with van der Waals surface area (Å²) in [6, 6.07) is 19.2. The van der Waals surface area contributed by atoms with Gasteiger partial charge >= 0.3 is 0 Å². The summed E-state index contributed by atoms with van der Waals surface area (Å²) in [4.78, 5) is 12.6. The SMILES string of the molecule is Cc1ccc(C)c(N(CC(=O)N/N=C\c2ccccc2F)S(=O)(=O)c2ccccc2)c1. The number of benzene rings is 3. The number of hydrogen-bond donors (Lipinski definition) is 1. The van der Waals surface area contributed by atoms with Gasteiger partial charge in [0, 0.05) is 5.56 Å². The fourth-order valence-electron chi connectivity index (χ4n) is 2.93. The summed E-state index contributed by atoms with van der Waals surface area (Å²) < 4.78 is 41.4. The lowest BCUT2D eigenvalue weighted by atomic mass is 10.1. The zero-order chi connectivity index (χ0) is 22.4. The maximum absolute atomic E-state index is 13.7. The molecule has 31 heavy (non-hydrogen) atoms. The molecule has 0 aliphatic carbocycles. The van der Waals surface area contributed by atoms with Crippen LogP contribution in [0, 0.1) is 19.7 Å². The van der Waals surface area contributed by atoms with Crippen molar-refractivity contribution in [3.63, 3.8) is 0 Å². The highest BCUT2D eigenvalue weighted by Gasteiger charge is 2.28. The summed E-state index contributed by atoms with van der Waals surface area (Å²) in [5, 5.41) is 3.76. The van der Waals surface area contributed by atoms with Crippen molar-refractivity contribution in [3.05, 3.63) is 95.3 Å². The first-order chi connectivity index (χ1) is 14.8. The van der Waals surface area contributed by atoms with E-state index < -0.39 is 28.3 Å². The normalized spacial score (nSPS) is 11.5. The molecule has 0 fully saturated rings. The summed E-state index contributed by atoms with van der Waals surface area (Å²) in [6.07, 6.45) is 1.17. The van der Waals surface area contributed by atoms with Crippen LogP contribution in [0.1, 0.15) is 16.7 Å². The minimum absolute atomic E-state index is 0.0681. The van der Waals surface area contributed by atoms with Gasteiger partial charge in [-0.1, -0.05) is 48.5 Å². The zero-order valence-corrected chi connectivity index (χ0v) is 17.9. The Hall–Kier alpha value is -3.52. The predicted molar refractivity (Wildman–Crippen MR) is 119 cm³/mol. The highest BCUT2D eigenvalue weighted by Crippen LogP contribution is 2.27. The number of rotatable bonds is 7. The van der Waals surface area contributed by atoms with Crippen LogP contribution >= 0.6 is 0 Å². The molecule has 8 heteroatoms. The molecule has 0 aliphatic heterocycles. The molecule has 0 saturated carbocycles. The van der Waals surface area contributed by atoms with E-state index in [1.165, 1.54) is 30.5 Å². The monoisotopic (exact) mass is 439 g/mol. The van der Waals surface area contributed by atoms with E-state index in [1.54, 1.807) is 49.4 Å². The molecule has 0 aliphatic rings. The second-order valence-corrected chi connectivity index (χ2v) is 8.79. The first kappa shape index (κ1) is 22.2. The Kier molecular flexibility index (Phi) is 6.81. The zero-order valence-electron chi connectivity index (χ0n) is 17.1. The number of nitrogens with one attached hydrogen (secondary N) is 1. The highest BCUT2D eigenvalue weighted by molar-refractivity contribution is 7.92. The molecular formula is C23H22FN3O3S. The Morgan fingerprint density at radius 2 is 1.71 bits per heavy atom. The van der Waals surface area contributed by atoms with Gasteiger partial charge in [0.05, 0.1) is 16.8 Å². The summed E-state index contributed by atoms with van der Waals surface area (Å²) in [5.41, 5.74) is 4.43. The number of hydrogen-bond acceptors (Lipinski definition) is 4. The summed E-state index contributed by atoms with van der Waals surface area (Å²) in [6.45, 7) is 3.13. The molecule has 0 saturated heterocycles. The lowest BCUT2D eigenvalue weighted by Gasteiger charge is -2.25. The van der Waals surface area contributed by atoms with Crippen molar-refractivity contribution in [2.45, 2.75) is 18.7 Å². The average Bonchev–Trinajstić information content (AvgIpc) is 2.76. The first-order valence-electron chi connectivity index (χ1n) is 9.50. The minimum Gasteiger partial charge on any atom is -0.271 e. The second kappa shape index (κ2) is 9.53. The van der Waals surface area contributed by atoms with Crippen molar-refractivity contribution < 1.29 is 17.6 Å². The Labute approximate surface area is 181 Å². The summed E-state index contributed by atoms with van der Waals surface area (Å²) in [5.74, 6) is -1.14. The van der Waals surface area contributed by atoms with Gasteiger partial charge < -0.3 is 0 Å². The predicted octanol–water partition coefficient (Wildman–Crippen LogP) is 3.79. The molecule has 1 N–H and O–H groups in total. The fraction of sp³-hybridized carbons (Fsp3) is 0.130. The molecule has 0 radical (unpaired) electrons. The van der Waals surface area contributed by atoms with Crippen molar-refractivity contribution in [2.24, 2.45) is 5.10 Å². The summed E-state index contributed by atoms with van der Waals surface area (Å²) in [7, 11) is -4.01. The van der Waals surface area contributed by atoms with E-state index in [-0.39, 0.29) is 10.5 Å². The number of carbonyl (C=O) groups excluding carboxylic acids is 1. The van der Waals surface area contributed by atoms with Crippen molar-refractivity contribution in [3.8, 4) is 0 Å². The number of carbonyl (C=O) groups is 1. The number of aryl methyl sites for hydroxylation is 2. The number of nitrogens with zero attached hydrogens (tertiary/aromatic N) is 2. The van der Waals surface area contributed by atoms with Crippen molar-refractivity contribution in [2.75, 3.05) is 10.8 Å². The van der Waals surface area contributed by atoms with Crippen LogP contribution in [0.25, 0.3) is 0 Å². The number of hydrazone groups is 1. The molecule has 3 aromatic carbocycles. The smallest absolute Gasteiger partial charge is 0.264 e. The van der Waals surface area contributed by atoms with Gasteiger partial charge in [-0.3, -0.25) is 9.10 Å². The average molecular weight is 440 g/mol.